The maximum Gasteiger partial charge on any atom is 0.361 e. The highest BCUT2D eigenvalue weighted by Gasteiger charge is 2.17. The van der Waals surface area contributed by atoms with E-state index in [4.69, 9.17) is 0 Å². The SMILES string of the molecule is O=C(CC(F)F)OOC(=O)CC(F)F. The second-order valence-corrected chi connectivity index (χ2v) is 2.10. The van der Waals surface area contributed by atoms with Gasteiger partial charge in [0, 0.05) is 0 Å². The smallest absolute Gasteiger partial charge is 0.247 e. The first-order chi connectivity index (χ1) is 6.41. The quantitative estimate of drug-likeness (QED) is 0.405. The van der Waals surface area contributed by atoms with Crippen molar-refractivity contribution >= 4 is 11.9 Å². The molecule has 0 radical (unpaired) electrons. The highest BCUT2D eigenvalue weighted by Crippen LogP contribution is 2.03. The van der Waals surface area contributed by atoms with E-state index in [1.165, 1.54) is 0 Å². The molecule has 82 valence electrons. The fourth-order valence-corrected chi connectivity index (χ4v) is 0.413. The van der Waals surface area contributed by atoms with Crippen molar-refractivity contribution < 1.29 is 36.9 Å². The Bertz CT molecular complexity index is 184. The van der Waals surface area contributed by atoms with E-state index in [1.807, 2.05) is 0 Å². The lowest BCUT2D eigenvalue weighted by Gasteiger charge is -2.01. The minimum absolute atomic E-state index is 1.26. The Labute approximate surface area is 75.7 Å². The summed E-state index contributed by atoms with van der Waals surface area (Å²) in [7, 11) is 0. The summed E-state index contributed by atoms with van der Waals surface area (Å²) in [5, 5.41) is 0. The van der Waals surface area contributed by atoms with Gasteiger partial charge in [0.1, 0.15) is 12.8 Å². The van der Waals surface area contributed by atoms with Gasteiger partial charge in [0.25, 0.3) is 0 Å². The lowest BCUT2D eigenvalue weighted by Crippen LogP contribution is -2.15. The van der Waals surface area contributed by atoms with Gasteiger partial charge in [-0.1, -0.05) is 0 Å². The minimum atomic E-state index is -2.95. The number of hydrogen-bond donors (Lipinski definition) is 0. The largest absolute Gasteiger partial charge is 0.361 e. The summed E-state index contributed by atoms with van der Waals surface area (Å²) in [6.45, 7) is 0. The second-order valence-electron chi connectivity index (χ2n) is 2.10. The monoisotopic (exact) mass is 218 g/mol. The zero-order valence-electron chi connectivity index (χ0n) is 6.71. The van der Waals surface area contributed by atoms with Crippen molar-refractivity contribution in [3.63, 3.8) is 0 Å². The molecule has 0 aliphatic rings. The first-order valence-electron chi connectivity index (χ1n) is 3.38. The molecule has 0 aromatic rings. The molecule has 0 heterocycles. The molecular formula is C6H6F4O4. The molecule has 0 atom stereocenters. The summed E-state index contributed by atoms with van der Waals surface area (Å²) in [6, 6.07) is 0. The van der Waals surface area contributed by atoms with Gasteiger partial charge in [-0.15, -0.1) is 0 Å². The van der Waals surface area contributed by atoms with E-state index in [0.717, 1.165) is 0 Å². The summed E-state index contributed by atoms with van der Waals surface area (Å²) in [4.78, 5) is 27.6. The van der Waals surface area contributed by atoms with Crippen LogP contribution in [0.3, 0.4) is 0 Å². The zero-order valence-corrected chi connectivity index (χ0v) is 6.71. The Kier molecular flexibility index (Phi) is 5.58. The summed E-state index contributed by atoms with van der Waals surface area (Å²) >= 11 is 0. The molecule has 0 aliphatic carbocycles. The van der Waals surface area contributed by atoms with Crippen LogP contribution in [0.25, 0.3) is 0 Å². The van der Waals surface area contributed by atoms with Gasteiger partial charge in [0.05, 0.1) is 0 Å². The Hall–Kier alpha value is -1.34. The van der Waals surface area contributed by atoms with Gasteiger partial charge in [0.15, 0.2) is 0 Å². The van der Waals surface area contributed by atoms with E-state index in [-0.39, 0.29) is 0 Å². The standard InChI is InChI=1S/C6H6F4O4/c7-3(8)1-5(11)13-14-6(12)2-4(9)10/h3-4H,1-2H2. The van der Waals surface area contributed by atoms with Crippen molar-refractivity contribution in [2.45, 2.75) is 25.7 Å². The van der Waals surface area contributed by atoms with Gasteiger partial charge in [-0.05, 0) is 0 Å². The van der Waals surface area contributed by atoms with E-state index in [1.54, 1.807) is 0 Å². The van der Waals surface area contributed by atoms with Gasteiger partial charge in [-0.2, -0.15) is 0 Å². The van der Waals surface area contributed by atoms with E-state index in [2.05, 4.69) is 9.78 Å². The second kappa shape index (κ2) is 6.17. The van der Waals surface area contributed by atoms with Crippen LogP contribution in [0.5, 0.6) is 0 Å². The van der Waals surface area contributed by atoms with Crippen LogP contribution in [0.1, 0.15) is 12.8 Å². The van der Waals surface area contributed by atoms with Crippen LogP contribution in [0, 0.1) is 0 Å². The van der Waals surface area contributed by atoms with Crippen LogP contribution in [0.15, 0.2) is 0 Å². The van der Waals surface area contributed by atoms with Crippen molar-refractivity contribution in [3.8, 4) is 0 Å². The number of alkyl halides is 4. The average Bonchev–Trinajstić information content (AvgIpc) is 1.98. The van der Waals surface area contributed by atoms with Crippen LogP contribution in [-0.2, 0) is 19.4 Å². The maximum atomic E-state index is 11.5. The fourth-order valence-electron chi connectivity index (χ4n) is 0.413. The summed E-state index contributed by atoms with van der Waals surface area (Å²) in [5.74, 6) is -3.00. The van der Waals surface area contributed by atoms with Crippen molar-refractivity contribution in [2.24, 2.45) is 0 Å². The fraction of sp³-hybridized carbons (Fsp3) is 0.667. The molecule has 0 rings (SSSR count). The normalized spacial score (nSPS) is 10.4. The molecule has 0 saturated heterocycles. The summed E-state index contributed by atoms with van der Waals surface area (Å²) in [5.41, 5.74) is 0. The number of rotatable bonds is 4. The molecule has 8 heteroatoms. The zero-order chi connectivity index (χ0) is 11.1. The summed E-state index contributed by atoms with van der Waals surface area (Å²) in [6.07, 6.45) is -8.42. The third kappa shape index (κ3) is 7.32. The molecule has 0 aliphatic heterocycles. The van der Waals surface area contributed by atoms with Gasteiger partial charge in [0.2, 0.25) is 12.9 Å². The molecular weight excluding hydrogens is 212 g/mol. The Morgan fingerprint density at radius 1 is 0.857 bits per heavy atom. The predicted molar refractivity (Wildman–Crippen MR) is 33.4 cm³/mol. The first-order valence-corrected chi connectivity index (χ1v) is 3.38. The Morgan fingerprint density at radius 2 is 1.14 bits per heavy atom. The average molecular weight is 218 g/mol. The lowest BCUT2D eigenvalue weighted by molar-refractivity contribution is -0.261. The molecule has 0 saturated carbocycles. The molecule has 0 spiro atoms. The number of carbonyl (C=O) groups excluding carboxylic acids is 2. The van der Waals surface area contributed by atoms with E-state index < -0.39 is 37.6 Å². The summed E-state index contributed by atoms with van der Waals surface area (Å²) < 4.78 is 45.8. The molecule has 0 fully saturated rings. The van der Waals surface area contributed by atoms with Crippen molar-refractivity contribution in [2.75, 3.05) is 0 Å². The molecule has 4 nitrogen and oxygen atoms in total. The topological polar surface area (TPSA) is 52.6 Å². The van der Waals surface area contributed by atoms with Crippen LogP contribution >= 0.6 is 0 Å². The number of carbonyl (C=O) groups is 2. The minimum Gasteiger partial charge on any atom is -0.247 e. The van der Waals surface area contributed by atoms with Crippen LogP contribution in [0.4, 0.5) is 17.6 Å². The van der Waals surface area contributed by atoms with Crippen LogP contribution in [0.2, 0.25) is 0 Å². The molecule has 14 heavy (non-hydrogen) atoms. The predicted octanol–water partition coefficient (Wildman–Crippen LogP) is 1.30. The highest BCUT2D eigenvalue weighted by atomic mass is 19.3. The molecule has 0 unspecified atom stereocenters. The molecule has 0 aromatic carbocycles. The van der Waals surface area contributed by atoms with Gasteiger partial charge < -0.3 is 0 Å². The van der Waals surface area contributed by atoms with Gasteiger partial charge in [-0.3, -0.25) is 0 Å². The van der Waals surface area contributed by atoms with E-state index in [9.17, 15) is 27.2 Å². The maximum absolute atomic E-state index is 11.5. The van der Waals surface area contributed by atoms with Gasteiger partial charge in [-0.25, -0.2) is 36.9 Å². The van der Waals surface area contributed by atoms with Crippen LogP contribution < -0.4 is 0 Å². The van der Waals surface area contributed by atoms with Crippen molar-refractivity contribution in [1.29, 1.82) is 0 Å². The Morgan fingerprint density at radius 3 is 1.36 bits per heavy atom. The number of halogens is 4. The molecule has 0 bridgehead atoms. The molecule has 0 amide bonds. The first kappa shape index (κ1) is 12.7. The lowest BCUT2D eigenvalue weighted by atomic mass is 10.5. The highest BCUT2D eigenvalue weighted by molar-refractivity contribution is 5.73. The molecule has 0 aromatic heterocycles. The molecule has 0 N–H and O–H groups in total. The number of hydrogen-bond acceptors (Lipinski definition) is 4. The van der Waals surface area contributed by atoms with E-state index in [0.29, 0.717) is 0 Å². The van der Waals surface area contributed by atoms with Crippen molar-refractivity contribution in [3.05, 3.63) is 0 Å². The van der Waals surface area contributed by atoms with Crippen LogP contribution in [-0.4, -0.2) is 24.8 Å². The third-order valence-electron chi connectivity index (χ3n) is 0.869. The van der Waals surface area contributed by atoms with E-state index >= 15 is 0 Å². The third-order valence-corrected chi connectivity index (χ3v) is 0.869. The van der Waals surface area contributed by atoms with Gasteiger partial charge >= 0.3 is 11.9 Å². The van der Waals surface area contributed by atoms with Crippen molar-refractivity contribution in [1.82, 2.24) is 0 Å². The Balaban J connectivity index is 3.61.